The zero-order valence-corrected chi connectivity index (χ0v) is 33.4. The molecular formula is C45H78O6. The highest BCUT2D eigenvalue weighted by Gasteiger charge is 2.19. The van der Waals surface area contributed by atoms with E-state index in [-0.39, 0.29) is 37.5 Å². The number of hydrogen-bond donors (Lipinski definition) is 0. The van der Waals surface area contributed by atoms with Gasteiger partial charge >= 0.3 is 17.9 Å². The molecule has 6 nitrogen and oxygen atoms in total. The third kappa shape index (κ3) is 38.4. The van der Waals surface area contributed by atoms with Crippen molar-refractivity contribution >= 4 is 17.9 Å². The molecule has 1 atom stereocenters. The molecule has 6 heteroatoms. The number of esters is 3. The lowest BCUT2D eigenvalue weighted by Crippen LogP contribution is -2.30. The number of carbonyl (C=O) groups is 3. The zero-order valence-electron chi connectivity index (χ0n) is 33.4. The van der Waals surface area contributed by atoms with Gasteiger partial charge in [-0.2, -0.15) is 0 Å². The molecule has 0 aromatic rings. The fraction of sp³-hybridized carbons (Fsp3) is 0.756. The first-order valence-corrected chi connectivity index (χ1v) is 21.2. The third-order valence-electron chi connectivity index (χ3n) is 8.80. The first-order chi connectivity index (χ1) is 25.0. The van der Waals surface area contributed by atoms with Crippen molar-refractivity contribution in [2.24, 2.45) is 0 Å². The van der Waals surface area contributed by atoms with Gasteiger partial charge in [-0.15, -0.1) is 0 Å². The summed E-state index contributed by atoms with van der Waals surface area (Å²) >= 11 is 0. The molecule has 0 aliphatic heterocycles. The lowest BCUT2D eigenvalue weighted by atomic mass is 10.1. The smallest absolute Gasteiger partial charge is 0.306 e. The van der Waals surface area contributed by atoms with E-state index in [4.69, 9.17) is 14.2 Å². The quantitative estimate of drug-likeness (QED) is 0.0209. The fourth-order valence-corrected chi connectivity index (χ4v) is 5.53. The van der Waals surface area contributed by atoms with Gasteiger partial charge in [0, 0.05) is 19.3 Å². The van der Waals surface area contributed by atoms with Gasteiger partial charge in [-0.05, 0) is 83.5 Å². The van der Waals surface area contributed by atoms with Crippen molar-refractivity contribution in [3.8, 4) is 0 Å². The minimum atomic E-state index is -0.798. The summed E-state index contributed by atoms with van der Waals surface area (Å²) in [5, 5.41) is 0. The van der Waals surface area contributed by atoms with Gasteiger partial charge in [-0.3, -0.25) is 14.4 Å². The Labute approximate surface area is 314 Å². The van der Waals surface area contributed by atoms with Crippen molar-refractivity contribution in [1.29, 1.82) is 0 Å². The van der Waals surface area contributed by atoms with Crippen molar-refractivity contribution in [3.63, 3.8) is 0 Å². The highest BCUT2D eigenvalue weighted by Crippen LogP contribution is 2.11. The average Bonchev–Trinajstić information content (AvgIpc) is 3.12. The molecular weight excluding hydrogens is 636 g/mol. The predicted molar refractivity (Wildman–Crippen MR) is 215 cm³/mol. The first kappa shape index (κ1) is 48.4. The molecule has 0 bridgehead atoms. The maximum Gasteiger partial charge on any atom is 0.306 e. The van der Waals surface area contributed by atoms with Crippen LogP contribution < -0.4 is 0 Å². The van der Waals surface area contributed by atoms with Crippen LogP contribution in [-0.2, 0) is 28.6 Å². The van der Waals surface area contributed by atoms with E-state index >= 15 is 0 Å². The van der Waals surface area contributed by atoms with Crippen LogP contribution in [0.15, 0.2) is 48.6 Å². The van der Waals surface area contributed by atoms with E-state index in [0.29, 0.717) is 19.3 Å². The number of unbranched alkanes of at least 4 members (excludes halogenated alkanes) is 19. The summed E-state index contributed by atoms with van der Waals surface area (Å²) in [7, 11) is 0. The van der Waals surface area contributed by atoms with Gasteiger partial charge in [0.2, 0.25) is 0 Å². The molecule has 294 valence electrons. The molecule has 0 N–H and O–H groups in total. The molecule has 0 aromatic carbocycles. The molecule has 0 aliphatic carbocycles. The number of ether oxygens (including phenoxy) is 3. The van der Waals surface area contributed by atoms with Crippen LogP contribution >= 0.6 is 0 Å². The molecule has 0 aromatic heterocycles. The summed E-state index contributed by atoms with van der Waals surface area (Å²) in [6, 6.07) is 0. The second kappa shape index (κ2) is 40.1. The van der Waals surface area contributed by atoms with E-state index in [2.05, 4.69) is 69.4 Å². The van der Waals surface area contributed by atoms with Gasteiger partial charge in [-0.25, -0.2) is 0 Å². The fourth-order valence-electron chi connectivity index (χ4n) is 5.53. The monoisotopic (exact) mass is 715 g/mol. The molecule has 0 amide bonds. The lowest BCUT2D eigenvalue weighted by molar-refractivity contribution is -0.167. The standard InChI is InChI=1S/C45H78O6/c1-4-7-10-13-16-19-21-22-24-26-29-32-35-38-44(47)50-41-42(40-49-43(46)37-34-31-28-25-18-15-12-9-6-3)51-45(48)39-36-33-30-27-23-20-17-14-11-8-5-2/h14,17,20,22-25,28,42H,4-13,15-16,18-19,21,26-27,29-41H2,1-3H3/b17-14-,23-20-,24-22-,28-25-. The first-order valence-electron chi connectivity index (χ1n) is 21.2. The van der Waals surface area contributed by atoms with E-state index < -0.39 is 6.10 Å². The molecule has 0 rings (SSSR count). The van der Waals surface area contributed by atoms with Crippen molar-refractivity contribution in [3.05, 3.63) is 48.6 Å². The summed E-state index contributed by atoms with van der Waals surface area (Å²) in [6.45, 7) is 6.45. The van der Waals surface area contributed by atoms with E-state index in [9.17, 15) is 14.4 Å². The largest absolute Gasteiger partial charge is 0.462 e. The van der Waals surface area contributed by atoms with E-state index in [1.54, 1.807) is 0 Å². The zero-order chi connectivity index (χ0) is 37.3. The molecule has 0 fully saturated rings. The molecule has 51 heavy (non-hydrogen) atoms. The van der Waals surface area contributed by atoms with Gasteiger partial charge < -0.3 is 14.2 Å². The number of hydrogen-bond acceptors (Lipinski definition) is 6. The van der Waals surface area contributed by atoms with Crippen molar-refractivity contribution < 1.29 is 28.6 Å². The summed E-state index contributed by atoms with van der Waals surface area (Å²) in [5.74, 6) is -0.987. The van der Waals surface area contributed by atoms with Crippen LogP contribution in [0, 0.1) is 0 Å². The number of carbonyl (C=O) groups excluding carboxylic acids is 3. The Bertz CT molecular complexity index is 918. The minimum Gasteiger partial charge on any atom is -0.462 e. The van der Waals surface area contributed by atoms with Crippen LogP contribution in [0.25, 0.3) is 0 Å². The molecule has 1 unspecified atom stereocenters. The summed E-state index contributed by atoms with van der Waals surface area (Å²) in [5.41, 5.74) is 0. The van der Waals surface area contributed by atoms with Gasteiger partial charge in [0.25, 0.3) is 0 Å². The average molecular weight is 715 g/mol. The molecule has 0 spiro atoms. The van der Waals surface area contributed by atoms with Gasteiger partial charge in [0.05, 0.1) is 0 Å². The van der Waals surface area contributed by atoms with E-state index in [0.717, 1.165) is 77.0 Å². The van der Waals surface area contributed by atoms with Crippen LogP contribution in [0.3, 0.4) is 0 Å². The molecule has 0 aliphatic rings. The Morgan fingerprint density at radius 1 is 0.392 bits per heavy atom. The minimum absolute atomic E-state index is 0.101. The Kier molecular flexibility index (Phi) is 38.1. The SMILES string of the molecule is CCCC/C=C\C=C/CCCCCC(=O)OC(COC(=O)CCC/C=C\CCCCCC)COC(=O)CCCCC/C=C\CCCCCCCC. The number of rotatable bonds is 37. The second-order valence-electron chi connectivity index (χ2n) is 13.9. The summed E-state index contributed by atoms with van der Waals surface area (Å²) in [4.78, 5) is 37.5. The maximum atomic E-state index is 12.6. The molecule has 0 saturated carbocycles. The van der Waals surface area contributed by atoms with E-state index in [1.807, 2.05) is 0 Å². The molecule has 0 saturated heterocycles. The van der Waals surface area contributed by atoms with Crippen LogP contribution in [0.2, 0.25) is 0 Å². The normalized spacial score (nSPS) is 12.5. The van der Waals surface area contributed by atoms with Crippen LogP contribution in [-0.4, -0.2) is 37.2 Å². The van der Waals surface area contributed by atoms with Gasteiger partial charge in [0.1, 0.15) is 13.2 Å². The van der Waals surface area contributed by atoms with Crippen molar-refractivity contribution in [1.82, 2.24) is 0 Å². The lowest BCUT2D eigenvalue weighted by Gasteiger charge is -2.18. The topological polar surface area (TPSA) is 78.9 Å². The Morgan fingerprint density at radius 3 is 1.25 bits per heavy atom. The highest BCUT2D eigenvalue weighted by molar-refractivity contribution is 5.71. The predicted octanol–water partition coefficient (Wildman–Crippen LogP) is 13.2. The summed E-state index contributed by atoms with van der Waals surface area (Å²) < 4.78 is 16.6. The van der Waals surface area contributed by atoms with Crippen LogP contribution in [0.4, 0.5) is 0 Å². The second-order valence-corrected chi connectivity index (χ2v) is 13.9. The number of allylic oxidation sites excluding steroid dienone is 8. The Balaban J connectivity index is 4.46. The van der Waals surface area contributed by atoms with Crippen LogP contribution in [0.5, 0.6) is 0 Å². The Hall–Kier alpha value is -2.63. The van der Waals surface area contributed by atoms with Crippen molar-refractivity contribution in [2.45, 2.75) is 207 Å². The van der Waals surface area contributed by atoms with Crippen LogP contribution in [0.1, 0.15) is 201 Å². The Morgan fingerprint density at radius 2 is 0.745 bits per heavy atom. The molecule has 0 radical (unpaired) electrons. The summed E-state index contributed by atoms with van der Waals surface area (Å²) in [6.07, 6.45) is 45.3. The van der Waals surface area contributed by atoms with Gasteiger partial charge in [0.15, 0.2) is 6.10 Å². The van der Waals surface area contributed by atoms with Gasteiger partial charge in [-0.1, -0.05) is 146 Å². The third-order valence-corrected chi connectivity index (χ3v) is 8.80. The highest BCUT2D eigenvalue weighted by atomic mass is 16.6. The molecule has 0 heterocycles. The maximum absolute atomic E-state index is 12.6. The van der Waals surface area contributed by atoms with Crippen molar-refractivity contribution in [2.75, 3.05) is 13.2 Å². The van der Waals surface area contributed by atoms with E-state index in [1.165, 1.54) is 77.0 Å².